The molecule has 20 heavy (non-hydrogen) atoms. The van der Waals surface area contributed by atoms with Gasteiger partial charge in [-0.25, -0.2) is 13.1 Å². The standard InChI is InChI=1S/C12H16Cl2N2O2S.ClH/c1-8-7-9(5-6-15-8)16-19(17,18)11-4-2-3-10(13)12(11)14;/h2-4,8-9,15-16H,5-7H2,1H3;1H. The van der Waals surface area contributed by atoms with Gasteiger partial charge in [-0.3, -0.25) is 0 Å². The highest BCUT2D eigenvalue weighted by Gasteiger charge is 2.26. The van der Waals surface area contributed by atoms with E-state index in [9.17, 15) is 8.42 Å². The summed E-state index contributed by atoms with van der Waals surface area (Å²) in [4.78, 5) is 0.0350. The third-order valence-corrected chi connectivity index (χ3v) is 5.64. The van der Waals surface area contributed by atoms with Crippen LogP contribution >= 0.6 is 35.6 Å². The van der Waals surface area contributed by atoms with E-state index in [1.807, 2.05) is 6.92 Å². The van der Waals surface area contributed by atoms with Crippen LogP contribution in [0.25, 0.3) is 0 Å². The van der Waals surface area contributed by atoms with Gasteiger partial charge in [0.1, 0.15) is 4.90 Å². The lowest BCUT2D eigenvalue weighted by atomic mass is 10.0. The van der Waals surface area contributed by atoms with E-state index in [1.165, 1.54) is 6.07 Å². The first-order valence-corrected chi connectivity index (χ1v) is 8.34. The molecular formula is C12H17Cl3N2O2S. The normalized spacial score (nSPS) is 23.1. The van der Waals surface area contributed by atoms with Crippen molar-refractivity contribution in [2.45, 2.75) is 36.7 Å². The molecule has 1 saturated heterocycles. The third kappa shape index (κ3) is 4.23. The molecular weight excluding hydrogens is 343 g/mol. The number of sulfonamides is 1. The minimum atomic E-state index is -3.63. The summed E-state index contributed by atoms with van der Waals surface area (Å²) in [5.74, 6) is 0. The molecule has 1 aliphatic heterocycles. The molecule has 8 heteroatoms. The zero-order valence-corrected chi connectivity index (χ0v) is 14.0. The van der Waals surface area contributed by atoms with Crippen molar-refractivity contribution in [3.8, 4) is 0 Å². The van der Waals surface area contributed by atoms with E-state index in [0.29, 0.717) is 6.04 Å². The van der Waals surface area contributed by atoms with Crippen LogP contribution in [-0.4, -0.2) is 27.0 Å². The average Bonchev–Trinajstić information content (AvgIpc) is 2.32. The van der Waals surface area contributed by atoms with E-state index in [2.05, 4.69) is 10.0 Å². The predicted octanol–water partition coefficient (Wildman–Crippen LogP) is 2.83. The van der Waals surface area contributed by atoms with Crippen LogP contribution in [-0.2, 0) is 10.0 Å². The SMILES string of the molecule is CC1CC(NS(=O)(=O)c2cccc(Cl)c2Cl)CCN1.Cl. The largest absolute Gasteiger partial charge is 0.314 e. The van der Waals surface area contributed by atoms with Crippen molar-refractivity contribution in [3.63, 3.8) is 0 Å². The first-order valence-electron chi connectivity index (χ1n) is 6.10. The van der Waals surface area contributed by atoms with Crippen LogP contribution in [0.5, 0.6) is 0 Å². The van der Waals surface area contributed by atoms with Crippen molar-refractivity contribution in [1.29, 1.82) is 0 Å². The topological polar surface area (TPSA) is 58.2 Å². The van der Waals surface area contributed by atoms with E-state index in [-0.39, 0.29) is 33.4 Å². The minimum absolute atomic E-state index is 0. The Hall–Kier alpha value is -0.0400. The Bertz CT molecular complexity index is 566. The lowest BCUT2D eigenvalue weighted by Gasteiger charge is -2.28. The maximum Gasteiger partial charge on any atom is 0.242 e. The minimum Gasteiger partial charge on any atom is -0.314 e. The van der Waals surface area contributed by atoms with Gasteiger partial charge in [0.2, 0.25) is 10.0 Å². The van der Waals surface area contributed by atoms with Crippen molar-refractivity contribution in [3.05, 3.63) is 28.2 Å². The first-order chi connectivity index (χ1) is 8.90. The van der Waals surface area contributed by atoms with E-state index in [4.69, 9.17) is 23.2 Å². The number of rotatable bonds is 3. The molecule has 114 valence electrons. The average molecular weight is 360 g/mol. The quantitative estimate of drug-likeness (QED) is 0.872. The number of hydrogen-bond donors (Lipinski definition) is 2. The number of hydrogen-bond acceptors (Lipinski definition) is 3. The maximum absolute atomic E-state index is 12.3. The highest BCUT2D eigenvalue weighted by atomic mass is 35.5. The van der Waals surface area contributed by atoms with Crippen LogP contribution in [0.3, 0.4) is 0 Å². The Morgan fingerprint density at radius 2 is 2.05 bits per heavy atom. The molecule has 0 saturated carbocycles. The fourth-order valence-electron chi connectivity index (χ4n) is 2.21. The van der Waals surface area contributed by atoms with Crippen LogP contribution in [0.4, 0.5) is 0 Å². The van der Waals surface area contributed by atoms with E-state index in [1.54, 1.807) is 12.1 Å². The molecule has 1 fully saturated rings. The first kappa shape index (κ1) is 18.0. The molecule has 2 unspecified atom stereocenters. The monoisotopic (exact) mass is 358 g/mol. The number of nitrogens with one attached hydrogen (secondary N) is 2. The van der Waals surface area contributed by atoms with Crippen LogP contribution in [0, 0.1) is 0 Å². The van der Waals surface area contributed by atoms with Gasteiger partial charge in [-0.1, -0.05) is 29.3 Å². The molecule has 2 rings (SSSR count). The molecule has 4 nitrogen and oxygen atoms in total. The summed E-state index contributed by atoms with van der Waals surface area (Å²) in [5.41, 5.74) is 0. The molecule has 0 aromatic heterocycles. The fraction of sp³-hybridized carbons (Fsp3) is 0.500. The van der Waals surface area contributed by atoms with Crippen LogP contribution < -0.4 is 10.0 Å². The molecule has 2 atom stereocenters. The molecule has 2 N–H and O–H groups in total. The van der Waals surface area contributed by atoms with Crippen molar-refractivity contribution in [2.24, 2.45) is 0 Å². The van der Waals surface area contributed by atoms with Crippen molar-refractivity contribution >= 4 is 45.6 Å². The summed E-state index contributed by atoms with van der Waals surface area (Å²) in [6, 6.07) is 4.83. The maximum atomic E-state index is 12.3. The lowest BCUT2D eigenvalue weighted by molar-refractivity contribution is 0.361. The second-order valence-electron chi connectivity index (χ2n) is 4.75. The highest BCUT2D eigenvalue weighted by Crippen LogP contribution is 2.29. The molecule has 1 heterocycles. The molecule has 0 bridgehead atoms. The smallest absolute Gasteiger partial charge is 0.242 e. The highest BCUT2D eigenvalue weighted by molar-refractivity contribution is 7.89. The zero-order chi connectivity index (χ0) is 14.0. The Balaban J connectivity index is 0.00000200. The Labute approximate surface area is 135 Å². The third-order valence-electron chi connectivity index (χ3n) is 3.15. The second-order valence-corrected chi connectivity index (χ2v) is 7.22. The van der Waals surface area contributed by atoms with Gasteiger partial charge in [-0.15, -0.1) is 12.4 Å². The van der Waals surface area contributed by atoms with E-state index in [0.717, 1.165) is 19.4 Å². The van der Waals surface area contributed by atoms with Gasteiger partial charge in [0.15, 0.2) is 0 Å². The molecule has 0 spiro atoms. The summed E-state index contributed by atoms with van der Waals surface area (Å²) in [6.07, 6.45) is 1.53. The van der Waals surface area contributed by atoms with Crippen LogP contribution in [0.15, 0.2) is 23.1 Å². The van der Waals surface area contributed by atoms with Crippen molar-refractivity contribution in [2.75, 3.05) is 6.54 Å². The summed E-state index contributed by atoms with van der Waals surface area (Å²) in [5, 5.41) is 3.58. The number of benzene rings is 1. The Kier molecular flexibility index (Phi) is 6.57. The van der Waals surface area contributed by atoms with Gasteiger partial charge >= 0.3 is 0 Å². The van der Waals surface area contributed by atoms with E-state index < -0.39 is 10.0 Å². The molecule has 0 amide bonds. The van der Waals surface area contributed by atoms with Crippen molar-refractivity contribution < 1.29 is 8.42 Å². The summed E-state index contributed by atoms with van der Waals surface area (Å²) >= 11 is 11.8. The molecule has 1 aromatic carbocycles. The lowest BCUT2D eigenvalue weighted by Crippen LogP contribution is -2.46. The van der Waals surface area contributed by atoms with Crippen LogP contribution in [0.1, 0.15) is 19.8 Å². The summed E-state index contributed by atoms with van der Waals surface area (Å²) < 4.78 is 27.3. The predicted molar refractivity (Wildman–Crippen MR) is 84.5 cm³/mol. The number of piperidine rings is 1. The zero-order valence-electron chi connectivity index (χ0n) is 10.9. The summed E-state index contributed by atoms with van der Waals surface area (Å²) in [7, 11) is -3.63. The van der Waals surface area contributed by atoms with Gasteiger partial charge in [-0.2, -0.15) is 0 Å². The van der Waals surface area contributed by atoms with Crippen molar-refractivity contribution in [1.82, 2.24) is 10.0 Å². The van der Waals surface area contributed by atoms with E-state index >= 15 is 0 Å². The van der Waals surface area contributed by atoms with Gasteiger partial charge in [0.05, 0.1) is 10.0 Å². The Morgan fingerprint density at radius 1 is 1.35 bits per heavy atom. The van der Waals surface area contributed by atoms with Gasteiger partial charge < -0.3 is 5.32 Å². The fourth-order valence-corrected chi connectivity index (χ4v) is 4.26. The molecule has 1 aliphatic rings. The molecule has 0 radical (unpaired) electrons. The second kappa shape index (κ2) is 7.29. The number of halogens is 3. The molecule has 0 aliphatic carbocycles. The summed E-state index contributed by atoms with van der Waals surface area (Å²) in [6.45, 7) is 2.84. The van der Waals surface area contributed by atoms with Gasteiger partial charge in [-0.05, 0) is 38.4 Å². The van der Waals surface area contributed by atoms with Gasteiger partial charge in [0.25, 0.3) is 0 Å². The molecule has 1 aromatic rings. The van der Waals surface area contributed by atoms with Gasteiger partial charge in [0, 0.05) is 12.1 Å². The Morgan fingerprint density at radius 3 is 2.70 bits per heavy atom. The van der Waals surface area contributed by atoms with Crippen LogP contribution in [0.2, 0.25) is 10.0 Å².